The van der Waals surface area contributed by atoms with E-state index in [0.29, 0.717) is 22.5 Å². The van der Waals surface area contributed by atoms with Gasteiger partial charge < -0.3 is 39.1 Å². The van der Waals surface area contributed by atoms with Crippen LogP contribution in [0.1, 0.15) is 39.9 Å². The van der Waals surface area contributed by atoms with E-state index in [0.717, 1.165) is 16.8 Å². The molecule has 4 aromatic rings. The quantitative estimate of drug-likeness (QED) is 0.0925. The van der Waals surface area contributed by atoms with Crippen LogP contribution < -0.4 is 26.2 Å². The highest BCUT2D eigenvalue weighted by Gasteiger charge is 2.46. The van der Waals surface area contributed by atoms with Gasteiger partial charge in [-0.3, -0.25) is 23.7 Å². The zero-order valence-electron chi connectivity index (χ0n) is 26.4. The van der Waals surface area contributed by atoms with E-state index in [-0.39, 0.29) is 29.6 Å². The summed E-state index contributed by atoms with van der Waals surface area (Å²) in [6.45, 7) is 0.849. The second kappa shape index (κ2) is 13.4. The van der Waals surface area contributed by atoms with Crippen molar-refractivity contribution in [3.63, 3.8) is 0 Å². The minimum atomic E-state index is -4.46. The Labute approximate surface area is 275 Å². The molecule has 21 heteroatoms. The SMILES string of the molecule is COc1c(-n2ccc(=O)[nH]c2=O)oc(CO)c1OP(=O)(OC[C@H]1O[C@@](C)(n2cnc3c(N)ncnc32)CC1O)SCOC(=O)C(C)(C)C. The van der Waals surface area contributed by atoms with Crippen molar-refractivity contribution in [3.05, 3.63) is 51.5 Å². The number of nitrogens with two attached hydrogens (primary N) is 1. The smallest absolute Gasteiger partial charge is 0.443 e. The van der Waals surface area contributed by atoms with Gasteiger partial charge in [0.25, 0.3) is 11.4 Å². The van der Waals surface area contributed by atoms with Gasteiger partial charge >= 0.3 is 18.5 Å². The molecule has 0 saturated carbocycles. The van der Waals surface area contributed by atoms with E-state index in [4.69, 9.17) is 33.4 Å². The number of ether oxygens (including phenoxy) is 3. The van der Waals surface area contributed by atoms with Crippen molar-refractivity contribution in [2.45, 2.75) is 58.7 Å². The maximum Gasteiger partial charge on any atom is 0.443 e. The van der Waals surface area contributed by atoms with Gasteiger partial charge in [-0.15, -0.1) is 0 Å². The predicted molar refractivity (Wildman–Crippen MR) is 168 cm³/mol. The summed E-state index contributed by atoms with van der Waals surface area (Å²) >= 11 is 0.487. The van der Waals surface area contributed by atoms with Gasteiger partial charge in [0.05, 0.1) is 31.6 Å². The van der Waals surface area contributed by atoms with E-state index in [1.807, 2.05) is 0 Å². The van der Waals surface area contributed by atoms with Crippen molar-refractivity contribution in [2.24, 2.45) is 5.41 Å². The van der Waals surface area contributed by atoms with Crippen LogP contribution in [0.3, 0.4) is 0 Å². The molecule has 5 rings (SSSR count). The number of carbonyl (C=O) groups excluding carboxylic acids is 1. The molecular formula is C27H34N7O12PS. The van der Waals surface area contributed by atoms with E-state index in [1.165, 1.54) is 19.8 Å². The van der Waals surface area contributed by atoms with Crippen molar-refractivity contribution in [1.82, 2.24) is 29.1 Å². The molecule has 2 unspecified atom stereocenters. The number of aromatic nitrogens is 6. The third-order valence-corrected chi connectivity index (χ3v) is 10.4. The van der Waals surface area contributed by atoms with E-state index in [1.54, 1.807) is 32.3 Å². The molecular weight excluding hydrogens is 677 g/mol. The number of nitrogens with one attached hydrogen (secondary N) is 1. The lowest BCUT2D eigenvalue weighted by Crippen LogP contribution is -2.31. The molecule has 5 N–H and O–H groups in total. The number of rotatable bonds is 12. The van der Waals surface area contributed by atoms with Crippen molar-refractivity contribution >= 4 is 41.1 Å². The van der Waals surface area contributed by atoms with Crippen LogP contribution in [0, 0.1) is 5.41 Å². The molecule has 4 aromatic heterocycles. The number of carbonyl (C=O) groups is 1. The zero-order valence-corrected chi connectivity index (χ0v) is 28.1. The standard InChI is InChI=1S/C27H34N7O12PS/c1-26(2,3)24(38)42-13-48-47(40,46-19-15(9-35)44-23(20(19)41-5)33-7-6-17(37)32-25(33)39)43-10-16-14(36)8-27(4,45-16)34-12-31-18-21(28)29-11-30-22(18)34/h6-7,11-12,14,16,35-36H,8-10,13H2,1-5H3,(H2,28,29,30)(H,32,37,39)/t14?,16-,27-,47?/m1/s1. The van der Waals surface area contributed by atoms with Gasteiger partial charge in [0.15, 0.2) is 17.2 Å². The highest BCUT2D eigenvalue weighted by Crippen LogP contribution is 2.63. The summed E-state index contributed by atoms with van der Waals surface area (Å²) in [4.78, 5) is 51.0. The van der Waals surface area contributed by atoms with E-state index in [9.17, 15) is 29.2 Å². The van der Waals surface area contributed by atoms with Gasteiger partial charge in [-0.05, 0) is 27.7 Å². The van der Waals surface area contributed by atoms with E-state index >= 15 is 0 Å². The highest BCUT2D eigenvalue weighted by molar-refractivity contribution is 8.55. The summed E-state index contributed by atoms with van der Waals surface area (Å²) in [5, 5.41) is 21.1. The monoisotopic (exact) mass is 711 g/mol. The second-order valence-electron chi connectivity index (χ2n) is 11.7. The number of imidazole rings is 1. The lowest BCUT2D eigenvalue weighted by atomic mass is 9.98. The first-order chi connectivity index (χ1) is 22.6. The van der Waals surface area contributed by atoms with Gasteiger partial charge in [-0.1, -0.05) is 0 Å². The van der Waals surface area contributed by atoms with Crippen LogP contribution in [0.4, 0.5) is 5.82 Å². The Morgan fingerprint density at radius 2 is 2.02 bits per heavy atom. The number of aromatic amines is 1. The van der Waals surface area contributed by atoms with Gasteiger partial charge in [0.2, 0.25) is 11.5 Å². The summed E-state index contributed by atoms with van der Waals surface area (Å²) in [7, 11) is 1.20. The number of methoxy groups -OCH3 is 1. The fourth-order valence-electron chi connectivity index (χ4n) is 4.74. The first kappa shape index (κ1) is 35.1. The number of aliphatic hydroxyl groups is 2. The Balaban J connectivity index is 1.43. The molecule has 1 saturated heterocycles. The van der Waals surface area contributed by atoms with E-state index < -0.39 is 72.3 Å². The highest BCUT2D eigenvalue weighted by atomic mass is 32.7. The molecule has 19 nitrogen and oxygen atoms in total. The lowest BCUT2D eigenvalue weighted by Gasteiger charge is -2.27. The average molecular weight is 712 g/mol. The topological polar surface area (TPSA) is 258 Å². The fraction of sp³-hybridized carbons (Fsp3) is 0.481. The molecule has 1 aliphatic rings. The third-order valence-electron chi connectivity index (χ3n) is 7.17. The number of hydrogen-bond donors (Lipinski definition) is 4. The van der Waals surface area contributed by atoms with Crippen LogP contribution in [0.2, 0.25) is 0 Å². The summed E-state index contributed by atoms with van der Waals surface area (Å²) in [6.07, 6.45) is 1.70. The summed E-state index contributed by atoms with van der Waals surface area (Å²) in [5.74, 6) is -2.21. The number of furan rings is 1. The van der Waals surface area contributed by atoms with Crippen LogP contribution in [-0.2, 0) is 35.7 Å². The Morgan fingerprint density at radius 1 is 1.27 bits per heavy atom. The molecule has 0 bridgehead atoms. The van der Waals surface area contributed by atoms with Gasteiger partial charge in [0.1, 0.15) is 36.2 Å². The number of nitrogens with zero attached hydrogens (tertiary/aromatic N) is 5. The van der Waals surface area contributed by atoms with E-state index in [2.05, 4.69) is 19.9 Å². The number of anilines is 1. The van der Waals surface area contributed by atoms with Crippen molar-refractivity contribution < 1.29 is 47.2 Å². The molecule has 0 aromatic carbocycles. The normalized spacial score (nSPS) is 20.9. The number of fused-ring (bicyclic) bond motifs is 1. The van der Waals surface area contributed by atoms with Gasteiger partial charge in [0, 0.05) is 30.1 Å². The van der Waals surface area contributed by atoms with Crippen LogP contribution in [0.15, 0.2) is 38.9 Å². The van der Waals surface area contributed by atoms with Crippen molar-refractivity contribution in [3.8, 4) is 17.4 Å². The summed E-state index contributed by atoms with van der Waals surface area (Å²) < 4.78 is 50.9. The minimum absolute atomic E-state index is 0.0549. The molecule has 0 spiro atoms. The molecule has 0 radical (unpaired) electrons. The maximum atomic E-state index is 14.3. The first-order valence-corrected chi connectivity index (χ1v) is 17.4. The molecule has 260 valence electrons. The first-order valence-electron chi connectivity index (χ1n) is 14.3. The van der Waals surface area contributed by atoms with Gasteiger partial charge in [-0.25, -0.2) is 28.9 Å². The van der Waals surface area contributed by atoms with Crippen LogP contribution in [-0.4, -0.2) is 77.1 Å². The number of aliphatic hydroxyl groups excluding tert-OH is 2. The van der Waals surface area contributed by atoms with Crippen molar-refractivity contribution in [2.75, 3.05) is 25.4 Å². The molecule has 1 aliphatic heterocycles. The average Bonchev–Trinajstić information content (AvgIpc) is 3.69. The number of esters is 1. The summed E-state index contributed by atoms with van der Waals surface area (Å²) in [6, 6.07) is 1.05. The predicted octanol–water partition coefficient (Wildman–Crippen LogP) is 1.65. The Bertz CT molecular complexity index is 1990. The molecule has 0 amide bonds. The number of nitrogen functional groups attached to an aromatic ring is 1. The number of H-pyrrole nitrogens is 1. The number of hydrogen-bond acceptors (Lipinski definition) is 17. The van der Waals surface area contributed by atoms with Crippen LogP contribution in [0.25, 0.3) is 17.0 Å². The molecule has 48 heavy (non-hydrogen) atoms. The lowest BCUT2D eigenvalue weighted by molar-refractivity contribution is -0.150. The third kappa shape index (κ3) is 6.99. The van der Waals surface area contributed by atoms with Gasteiger partial charge in [-0.2, -0.15) is 0 Å². The molecule has 1 fully saturated rings. The largest absolute Gasteiger partial charge is 0.488 e. The summed E-state index contributed by atoms with van der Waals surface area (Å²) in [5.41, 5.74) is 3.00. The maximum absolute atomic E-state index is 14.3. The molecule has 5 heterocycles. The van der Waals surface area contributed by atoms with Crippen LogP contribution >= 0.6 is 18.2 Å². The second-order valence-corrected chi connectivity index (χ2v) is 15.7. The Kier molecular flexibility index (Phi) is 9.78. The fourth-order valence-corrected chi connectivity index (χ4v) is 7.28. The molecule has 0 aliphatic carbocycles. The Hall–Kier alpha value is -4.20. The zero-order chi connectivity index (χ0) is 35.0. The minimum Gasteiger partial charge on any atom is -0.488 e. The van der Waals surface area contributed by atoms with Crippen LogP contribution in [0.5, 0.6) is 11.5 Å². The molecule has 4 atom stereocenters. The van der Waals surface area contributed by atoms with Crippen molar-refractivity contribution in [1.29, 1.82) is 0 Å². The Morgan fingerprint density at radius 3 is 2.69 bits per heavy atom.